The van der Waals surface area contributed by atoms with Crippen LogP contribution < -0.4 is 10.6 Å². The molecule has 0 saturated carbocycles. The lowest BCUT2D eigenvalue weighted by atomic mass is 10.0. The van der Waals surface area contributed by atoms with Gasteiger partial charge in [0.05, 0.1) is 0 Å². The highest BCUT2D eigenvalue weighted by Gasteiger charge is 2.20. The van der Waals surface area contributed by atoms with E-state index >= 15 is 0 Å². The molecule has 2 saturated heterocycles. The molecule has 0 aromatic heterocycles. The Labute approximate surface area is 180 Å². The van der Waals surface area contributed by atoms with Crippen LogP contribution in [0.1, 0.15) is 37.7 Å². The second-order valence-corrected chi connectivity index (χ2v) is 8.30. The minimum atomic E-state index is -0.175. The van der Waals surface area contributed by atoms with Crippen LogP contribution in [0.2, 0.25) is 0 Å². The van der Waals surface area contributed by atoms with Crippen LogP contribution in [0.15, 0.2) is 29.3 Å². The third kappa shape index (κ3) is 8.20. The smallest absolute Gasteiger partial charge is 0.191 e. The predicted molar refractivity (Wildman–Crippen MR) is 118 cm³/mol. The van der Waals surface area contributed by atoms with Gasteiger partial charge in [0.1, 0.15) is 5.82 Å². The van der Waals surface area contributed by atoms with Crippen LogP contribution in [-0.4, -0.2) is 70.0 Å². The van der Waals surface area contributed by atoms with Crippen LogP contribution in [0, 0.1) is 11.7 Å². The van der Waals surface area contributed by atoms with Crippen molar-refractivity contribution in [2.75, 3.05) is 53.1 Å². The Balaban J connectivity index is 1.24. The lowest BCUT2D eigenvalue weighted by Gasteiger charge is -2.33. The summed E-state index contributed by atoms with van der Waals surface area (Å²) in [6.07, 6.45) is 5.38. The number of piperidine rings is 1. The van der Waals surface area contributed by atoms with Gasteiger partial charge < -0.3 is 20.1 Å². The third-order valence-corrected chi connectivity index (χ3v) is 5.92. The number of guanidine groups is 1. The maximum atomic E-state index is 13.0. The number of likely N-dealkylation sites (tertiary alicyclic amines) is 1. The second-order valence-electron chi connectivity index (χ2n) is 8.30. The van der Waals surface area contributed by atoms with Gasteiger partial charge in [-0.2, -0.15) is 0 Å². The maximum Gasteiger partial charge on any atom is 0.191 e. The van der Waals surface area contributed by atoms with Gasteiger partial charge in [0, 0.05) is 65.7 Å². The van der Waals surface area contributed by atoms with Crippen molar-refractivity contribution in [2.45, 2.75) is 44.7 Å². The number of aliphatic imine (C=N–C) groups is 1. The van der Waals surface area contributed by atoms with E-state index in [1.54, 1.807) is 0 Å². The number of rotatable bonds is 9. The van der Waals surface area contributed by atoms with E-state index in [1.165, 1.54) is 17.7 Å². The van der Waals surface area contributed by atoms with E-state index in [2.05, 4.69) is 20.5 Å². The summed E-state index contributed by atoms with van der Waals surface area (Å²) in [6, 6.07) is 7.26. The summed E-state index contributed by atoms with van der Waals surface area (Å²) in [5.74, 6) is 1.36. The fraction of sp³-hybridized carbons (Fsp3) is 0.696. The summed E-state index contributed by atoms with van der Waals surface area (Å²) >= 11 is 0. The van der Waals surface area contributed by atoms with Gasteiger partial charge in [-0.3, -0.25) is 9.89 Å². The summed E-state index contributed by atoms with van der Waals surface area (Å²) in [6.45, 7) is 7.20. The molecule has 0 spiro atoms. The van der Waals surface area contributed by atoms with Gasteiger partial charge in [0.2, 0.25) is 0 Å². The Kier molecular flexibility index (Phi) is 9.86. The molecule has 0 aliphatic carbocycles. The Hall–Kier alpha value is -1.70. The number of nitrogens with zero attached hydrogens (tertiary/aromatic N) is 2. The molecule has 1 aromatic rings. The average molecular weight is 421 g/mol. The minimum Gasteiger partial charge on any atom is -0.381 e. The highest BCUT2D eigenvalue weighted by Crippen LogP contribution is 2.15. The molecule has 30 heavy (non-hydrogen) atoms. The van der Waals surface area contributed by atoms with Crippen molar-refractivity contribution in [1.29, 1.82) is 0 Å². The molecular formula is C23H37FN4O2. The SMILES string of the molecule is CN=C(NCCCOCC1CCOCC1)NC1CCN(Cc2ccc(F)cc2)CC1. The molecule has 2 heterocycles. The number of hydrogen-bond donors (Lipinski definition) is 2. The molecule has 2 aliphatic heterocycles. The van der Waals surface area contributed by atoms with Crippen molar-refractivity contribution in [3.63, 3.8) is 0 Å². The summed E-state index contributed by atoms with van der Waals surface area (Å²) < 4.78 is 24.3. The van der Waals surface area contributed by atoms with E-state index in [0.29, 0.717) is 12.0 Å². The molecule has 0 atom stereocenters. The van der Waals surface area contributed by atoms with Crippen LogP contribution in [0.25, 0.3) is 0 Å². The lowest BCUT2D eigenvalue weighted by molar-refractivity contribution is 0.0203. The van der Waals surface area contributed by atoms with Crippen molar-refractivity contribution in [3.05, 3.63) is 35.6 Å². The van der Waals surface area contributed by atoms with Gasteiger partial charge >= 0.3 is 0 Å². The van der Waals surface area contributed by atoms with E-state index in [9.17, 15) is 4.39 Å². The predicted octanol–water partition coefficient (Wildman–Crippen LogP) is 2.79. The van der Waals surface area contributed by atoms with Crippen LogP contribution >= 0.6 is 0 Å². The van der Waals surface area contributed by atoms with E-state index in [-0.39, 0.29) is 5.82 Å². The van der Waals surface area contributed by atoms with Crippen LogP contribution in [0.4, 0.5) is 4.39 Å². The highest BCUT2D eigenvalue weighted by molar-refractivity contribution is 5.79. The van der Waals surface area contributed by atoms with Crippen molar-refractivity contribution in [2.24, 2.45) is 10.9 Å². The largest absolute Gasteiger partial charge is 0.381 e. The molecule has 0 radical (unpaired) electrons. The molecule has 168 valence electrons. The van der Waals surface area contributed by atoms with Crippen LogP contribution in [-0.2, 0) is 16.0 Å². The first-order chi connectivity index (χ1) is 14.7. The van der Waals surface area contributed by atoms with Gasteiger partial charge in [-0.05, 0) is 55.7 Å². The zero-order chi connectivity index (χ0) is 21.0. The Morgan fingerprint density at radius 1 is 1.17 bits per heavy atom. The Morgan fingerprint density at radius 3 is 2.60 bits per heavy atom. The lowest BCUT2D eigenvalue weighted by Crippen LogP contribution is -2.48. The van der Waals surface area contributed by atoms with Crippen LogP contribution in [0.5, 0.6) is 0 Å². The Bertz CT molecular complexity index is 627. The molecular weight excluding hydrogens is 383 g/mol. The van der Waals surface area contributed by atoms with E-state index in [0.717, 1.165) is 90.7 Å². The van der Waals surface area contributed by atoms with Crippen molar-refractivity contribution in [1.82, 2.24) is 15.5 Å². The number of ether oxygens (including phenoxy) is 2. The van der Waals surface area contributed by atoms with Gasteiger partial charge in [0.25, 0.3) is 0 Å². The number of hydrogen-bond acceptors (Lipinski definition) is 4. The molecule has 1 aromatic carbocycles. The summed E-state index contributed by atoms with van der Waals surface area (Å²) in [5, 5.41) is 6.95. The van der Waals surface area contributed by atoms with E-state index in [4.69, 9.17) is 9.47 Å². The second kappa shape index (κ2) is 12.9. The average Bonchev–Trinajstić information content (AvgIpc) is 2.78. The van der Waals surface area contributed by atoms with E-state index in [1.807, 2.05) is 19.2 Å². The molecule has 2 fully saturated rings. The third-order valence-electron chi connectivity index (χ3n) is 5.92. The molecule has 0 bridgehead atoms. The first kappa shape index (κ1) is 23.0. The molecule has 0 unspecified atom stereocenters. The topological polar surface area (TPSA) is 58.1 Å². The van der Waals surface area contributed by atoms with Crippen molar-refractivity contribution in [3.8, 4) is 0 Å². The monoisotopic (exact) mass is 420 g/mol. The molecule has 2 aliphatic rings. The summed E-state index contributed by atoms with van der Waals surface area (Å²) in [4.78, 5) is 6.79. The fourth-order valence-electron chi connectivity index (χ4n) is 4.02. The number of halogens is 1. The van der Waals surface area contributed by atoms with E-state index < -0.39 is 0 Å². The van der Waals surface area contributed by atoms with Crippen molar-refractivity contribution < 1.29 is 13.9 Å². The van der Waals surface area contributed by atoms with Crippen LogP contribution in [0.3, 0.4) is 0 Å². The highest BCUT2D eigenvalue weighted by atomic mass is 19.1. The first-order valence-corrected chi connectivity index (χ1v) is 11.3. The normalized spacial score (nSPS) is 19.7. The standard InChI is InChI=1S/C23H37FN4O2/c1-25-23(26-11-2-14-30-18-20-9-15-29-16-10-20)27-22-7-12-28(13-8-22)17-19-3-5-21(24)6-4-19/h3-6,20,22H,2,7-18H2,1H3,(H2,25,26,27). The first-order valence-electron chi connectivity index (χ1n) is 11.3. The summed E-state index contributed by atoms with van der Waals surface area (Å²) in [5.41, 5.74) is 1.17. The quantitative estimate of drug-likeness (QED) is 0.366. The molecule has 7 heteroatoms. The van der Waals surface area contributed by atoms with Gasteiger partial charge in [0.15, 0.2) is 5.96 Å². The summed E-state index contributed by atoms with van der Waals surface area (Å²) in [7, 11) is 1.82. The molecule has 2 N–H and O–H groups in total. The zero-order valence-electron chi connectivity index (χ0n) is 18.2. The molecule has 3 rings (SSSR count). The number of benzene rings is 1. The van der Waals surface area contributed by atoms with Gasteiger partial charge in [-0.1, -0.05) is 12.1 Å². The maximum absolute atomic E-state index is 13.0. The number of nitrogens with one attached hydrogen (secondary N) is 2. The van der Waals surface area contributed by atoms with Crippen molar-refractivity contribution >= 4 is 5.96 Å². The van der Waals surface area contributed by atoms with Gasteiger partial charge in [-0.15, -0.1) is 0 Å². The molecule has 6 nitrogen and oxygen atoms in total. The van der Waals surface area contributed by atoms with Gasteiger partial charge in [-0.25, -0.2) is 4.39 Å². The fourth-order valence-corrected chi connectivity index (χ4v) is 4.02. The Morgan fingerprint density at radius 2 is 1.90 bits per heavy atom. The zero-order valence-corrected chi connectivity index (χ0v) is 18.2. The molecule has 0 amide bonds. The minimum absolute atomic E-state index is 0.175.